The third-order valence-electron chi connectivity index (χ3n) is 3.05. The highest BCUT2D eigenvalue weighted by atomic mass is 16.2. The maximum Gasteiger partial charge on any atom is 0.251 e. The Morgan fingerprint density at radius 1 is 1.17 bits per heavy atom. The second-order valence-electron chi connectivity index (χ2n) is 4.92. The lowest BCUT2D eigenvalue weighted by atomic mass is 10.1. The van der Waals surface area contributed by atoms with Crippen molar-refractivity contribution in [1.82, 2.24) is 10.6 Å². The molecule has 0 aliphatic heterocycles. The van der Waals surface area contributed by atoms with Crippen LogP contribution in [0.3, 0.4) is 0 Å². The van der Waals surface area contributed by atoms with Crippen LogP contribution in [0.25, 0.3) is 0 Å². The van der Waals surface area contributed by atoms with Crippen molar-refractivity contribution in [3.63, 3.8) is 0 Å². The first-order valence-corrected chi connectivity index (χ1v) is 7.43. The summed E-state index contributed by atoms with van der Waals surface area (Å²) in [4.78, 5) is 28.2. The van der Waals surface area contributed by atoms with E-state index < -0.39 is 6.04 Å². The van der Waals surface area contributed by atoms with Gasteiger partial charge in [-0.05, 0) is 25.0 Å². The van der Waals surface area contributed by atoms with Gasteiger partial charge in [0, 0.05) is 25.2 Å². The number of amides is 2. The molecule has 1 aromatic carbocycles. The van der Waals surface area contributed by atoms with Gasteiger partial charge in [-0.1, -0.05) is 18.2 Å². The molecule has 0 aliphatic carbocycles. The number of hydrogen-bond acceptors (Lipinski definition) is 4. The maximum absolute atomic E-state index is 12.2. The molecule has 2 amide bonds. The van der Waals surface area contributed by atoms with Gasteiger partial charge in [-0.15, -0.1) is 0 Å². The predicted octanol–water partition coefficient (Wildman–Crippen LogP) is -1.09. The average molecular weight is 320 g/mol. The standard InChI is InChI=1S/C15H24N6O2/c16-8-10-19-14(23)12(7-4-9-20-15(17)18)21-13(22)11-5-2-1-3-6-11/h1-3,5-6,12H,4,7-10,16H2,(H,19,23)(H,21,22)(H4,17,18,20)/t12-/m0/s1. The highest BCUT2D eigenvalue weighted by Crippen LogP contribution is 2.03. The number of nitrogens with one attached hydrogen (secondary N) is 2. The Morgan fingerprint density at radius 3 is 2.48 bits per heavy atom. The van der Waals surface area contributed by atoms with E-state index in [1.165, 1.54) is 0 Å². The van der Waals surface area contributed by atoms with Gasteiger partial charge in [0.25, 0.3) is 5.91 Å². The number of aliphatic imine (C=N–C) groups is 1. The Morgan fingerprint density at radius 2 is 1.87 bits per heavy atom. The Balaban J connectivity index is 2.64. The SMILES string of the molecule is NCCNC(=O)[C@H](CCCN=C(N)N)NC(=O)c1ccccc1. The molecule has 8 N–H and O–H groups in total. The van der Waals surface area contributed by atoms with Crippen LogP contribution in [0.15, 0.2) is 35.3 Å². The number of benzene rings is 1. The number of rotatable bonds is 9. The maximum atomic E-state index is 12.2. The van der Waals surface area contributed by atoms with Crippen molar-refractivity contribution < 1.29 is 9.59 Å². The molecule has 8 nitrogen and oxygen atoms in total. The second kappa shape index (κ2) is 10.2. The van der Waals surface area contributed by atoms with Gasteiger partial charge in [-0.25, -0.2) is 0 Å². The van der Waals surface area contributed by atoms with Gasteiger partial charge in [0.15, 0.2) is 5.96 Å². The predicted molar refractivity (Wildman–Crippen MR) is 89.7 cm³/mol. The summed E-state index contributed by atoms with van der Waals surface area (Å²) in [5, 5.41) is 5.40. The van der Waals surface area contributed by atoms with Crippen LogP contribution in [-0.4, -0.2) is 43.5 Å². The van der Waals surface area contributed by atoms with Gasteiger partial charge in [0.1, 0.15) is 6.04 Å². The Hall–Kier alpha value is -2.61. The number of nitrogens with zero attached hydrogens (tertiary/aromatic N) is 1. The minimum Gasteiger partial charge on any atom is -0.370 e. The fourth-order valence-corrected chi connectivity index (χ4v) is 1.92. The van der Waals surface area contributed by atoms with Crippen LogP contribution < -0.4 is 27.8 Å². The van der Waals surface area contributed by atoms with E-state index >= 15 is 0 Å². The van der Waals surface area contributed by atoms with Crippen LogP contribution in [0, 0.1) is 0 Å². The molecule has 0 heterocycles. The molecular formula is C15H24N6O2. The van der Waals surface area contributed by atoms with Gasteiger partial charge in [-0.3, -0.25) is 14.6 Å². The largest absolute Gasteiger partial charge is 0.370 e. The molecule has 126 valence electrons. The number of carbonyl (C=O) groups is 2. The van der Waals surface area contributed by atoms with Crippen molar-refractivity contribution in [1.29, 1.82) is 0 Å². The van der Waals surface area contributed by atoms with E-state index in [0.717, 1.165) is 0 Å². The zero-order chi connectivity index (χ0) is 17.1. The molecule has 1 aromatic rings. The number of guanidine groups is 1. The van der Waals surface area contributed by atoms with Gasteiger partial charge in [-0.2, -0.15) is 0 Å². The Labute approximate surface area is 135 Å². The van der Waals surface area contributed by atoms with Gasteiger partial charge < -0.3 is 27.8 Å². The summed E-state index contributed by atoms with van der Waals surface area (Å²) in [5.41, 5.74) is 16.4. The number of hydrogen-bond donors (Lipinski definition) is 5. The minimum atomic E-state index is -0.663. The van der Waals surface area contributed by atoms with Crippen LogP contribution in [0.5, 0.6) is 0 Å². The molecule has 0 aliphatic rings. The molecule has 0 unspecified atom stereocenters. The third kappa shape index (κ3) is 7.28. The van der Waals surface area contributed by atoms with Crippen molar-refractivity contribution in [2.75, 3.05) is 19.6 Å². The van der Waals surface area contributed by atoms with Crippen molar-refractivity contribution in [2.24, 2.45) is 22.2 Å². The molecule has 1 rings (SSSR count). The Bertz CT molecular complexity index is 528. The molecule has 0 spiro atoms. The lowest BCUT2D eigenvalue weighted by molar-refractivity contribution is -0.123. The molecule has 0 saturated carbocycles. The van der Waals surface area contributed by atoms with E-state index in [1.807, 2.05) is 6.07 Å². The van der Waals surface area contributed by atoms with E-state index in [0.29, 0.717) is 38.0 Å². The van der Waals surface area contributed by atoms with Crippen LogP contribution in [0.2, 0.25) is 0 Å². The number of carbonyl (C=O) groups excluding carboxylic acids is 2. The van der Waals surface area contributed by atoms with Gasteiger partial charge in [0.2, 0.25) is 5.91 Å². The summed E-state index contributed by atoms with van der Waals surface area (Å²) in [6, 6.07) is 8.04. The third-order valence-corrected chi connectivity index (χ3v) is 3.05. The second-order valence-corrected chi connectivity index (χ2v) is 4.92. The summed E-state index contributed by atoms with van der Waals surface area (Å²) in [5.74, 6) is -0.577. The highest BCUT2D eigenvalue weighted by molar-refractivity contribution is 5.97. The summed E-state index contributed by atoms with van der Waals surface area (Å²) >= 11 is 0. The smallest absolute Gasteiger partial charge is 0.251 e. The summed E-state index contributed by atoms with van der Waals surface area (Å²) in [6.45, 7) is 1.08. The Kier molecular flexibility index (Phi) is 8.16. The topological polar surface area (TPSA) is 149 Å². The number of nitrogens with two attached hydrogens (primary N) is 3. The van der Waals surface area contributed by atoms with Crippen LogP contribution in [0.4, 0.5) is 0 Å². The fourth-order valence-electron chi connectivity index (χ4n) is 1.92. The van der Waals surface area contributed by atoms with Crippen molar-refractivity contribution >= 4 is 17.8 Å². The van der Waals surface area contributed by atoms with Crippen molar-refractivity contribution in [2.45, 2.75) is 18.9 Å². The van der Waals surface area contributed by atoms with Gasteiger partial charge >= 0.3 is 0 Å². The van der Waals surface area contributed by atoms with Crippen molar-refractivity contribution in [3.05, 3.63) is 35.9 Å². The molecule has 0 radical (unpaired) electrons. The van der Waals surface area contributed by atoms with E-state index in [-0.39, 0.29) is 17.8 Å². The van der Waals surface area contributed by atoms with Crippen LogP contribution in [-0.2, 0) is 4.79 Å². The molecule has 0 saturated heterocycles. The first-order valence-electron chi connectivity index (χ1n) is 7.43. The van der Waals surface area contributed by atoms with Crippen LogP contribution in [0.1, 0.15) is 23.2 Å². The average Bonchev–Trinajstić information content (AvgIpc) is 2.55. The normalized spacial score (nSPS) is 11.3. The zero-order valence-corrected chi connectivity index (χ0v) is 13.0. The lowest BCUT2D eigenvalue weighted by Gasteiger charge is -2.18. The monoisotopic (exact) mass is 320 g/mol. The quantitative estimate of drug-likeness (QED) is 0.223. The summed E-state index contributed by atoms with van der Waals surface area (Å²) in [6.07, 6.45) is 0.986. The first kappa shape index (κ1) is 18.4. The van der Waals surface area contributed by atoms with E-state index in [4.69, 9.17) is 17.2 Å². The molecule has 0 bridgehead atoms. The van der Waals surface area contributed by atoms with Crippen LogP contribution >= 0.6 is 0 Å². The molecule has 0 fully saturated rings. The lowest BCUT2D eigenvalue weighted by Crippen LogP contribution is -2.47. The molecule has 0 aromatic heterocycles. The zero-order valence-electron chi connectivity index (χ0n) is 13.0. The summed E-state index contributed by atoms with van der Waals surface area (Å²) in [7, 11) is 0. The van der Waals surface area contributed by atoms with Gasteiger partial charge in [0.05, 0.1) is 0 Å². The molecular weight excluding hydrogens is 296 g/mol. The van der Waals surface area contributed by atoms with Crippen molar-refractivity contribution in [3.8, 4) is 0 Å². The van der Waals surface area contributed by atoms with E-state index in [2.05, 4.69) is 15.6 Å². The molecule has 8 heteroatoms. The summed E-state index contributed by atoms with van der Waals surface area (Å²) < 4.78 is 0. The highest BCUT2D eigenvalue weighted by Gasteiger charge is 2.20. The van der Waals surface area contributed by atoms with E-state index in [9.17, 15) is 9.59 Å². The minimum absolute atomic E-state index is 0.00227. The molecule has 1 atom stereocenters. The molecule has 23 heavy (non-hydrogen) atoms. The fraction of sp³-hybridized carbons (Fsp3) is 0.400. The van der Waals surface area contributed by atoms with E-state index in [1.54, 1.807) is 24.3 Å². The first-order chi connectivity index (χ1) is 11.0.